The van der Waals surface area contributed by atoms with Gasteiger partial charge in [-0.15, -0.1) is 6.42 Å². The molecule has 11 heteroatoms. The molecule has 0 saturated carbocycles. The third-order valence-electron chi connectivity index (χ3n) is 7.11. The quantitative estimate of drug-likeness (QED) is 0.0884. The zero-order valence-corrected chi connectivity index (χ0v) is 24.8. The highest BCUT2D eigenvalue weighted by Crippen LogP contribution is 2.25. The molecule has 0 saturated heterocycles. The largest absolute Gasteiger partial charge is 0.461 e. The van der Waals surface area contributed by atoms with Gasteiger partial charge in [-0.3, -0.25) is 9.59 Å². The molecule has 1 unspecified atom stereocenters. The first-order valence-electron chi connectivity index (χ1n) is 14.8. The van der Waals surface area contributed by atoms with E-state index in [1.807, 2.05) is 6.92 Å². The van der Waals surface area contributed by atoms with Crippen molar-refractivity contribution in [2.45, 2.75) is 122 Å². The lowest BCUT2D eigenvalue weighted by molar-refractivity contribution is -0.174. The van der Waals surface area contributed by atoms with Gasteiger partial charge in [-0.2, -0.15) is 14.4 Å². The molecule has 0 aliphatic rings. The predicted octanol–water partition coefficient (Wildman–Crippen LogP) is 5.52. The molecule has 0 amide bonds. The Morgan fingerprint density at radius 3 is 2.22 bits per heavy atom. The first kappa shape index (κ1) is 33.9. The Labute approximate surface area is 242 Å². The number of fused-ring (bicyclic) bond motifs is 1. The van der Waals surface area contributed by atoms with Gasteiger partial charge in [-0.25, -0.2) is 4.98 Å². The van der Waals surface area contributed by atoms with E-state index in [4.69, 9.17) is 26.4 Å². The van der Waals surface area contributed by atoms with E-state index in [1.165, 1.54) is 69.4 Å². The van der Waals surface area contributed by atoms with Gasteiger partial charge in [0.15, 0.2) is 17.6 Å². The number of hydrogen-bond donors (Lipinski definition) is 1. The summed E-state index contributed by atoms with van der Waals surface area (Å²) in [5.74, 6) is 1.48. The number of ether oxygens (including phenoxy) is 3. The highest BCUT2D eigenvalue weighted by Gasteiger charge is 2.42. The number of unbranched alkanes of at least 4 members (excludes halogenated alkanes) is 10. The lowest BCUT2D eigenvalue weighted by atomic mass is 9.97. The van der Waals surface area contributed by atoms with Gasteiger partial charge < -0.3 is 24.5 Å². The Morgan fingerprint density at radius 2 is 1.63 bits per heavy atom. The second-order valence-corrected chi connectivity index (χ2v) is 10.4. The molecular weight excluding hydrogens is 529 g/mol. The van der Waals surface area contributed by atoms with Crippen LogP contribution in [0.3, 0.4) is 0 Å². The molecule has 41 heavy (non-hydrogen) atoms. The number of terminal acetylenes is 1. The second kappa shape index (κ2) is 18.2. The molecule has 2 aromatic rings. The number of halogens is 1. The van der Waals surface area contributed by atoms with Crippen LogP contribution in [0, 0.1) is 18.4 Å². The van der Waals surface area contributed by atoms with Crippen molar-refractivity contribution < 1.29 is 28.2 Å². The smallest absolute Gasteiger partial charge is 0.312 e. The van der Waals surface area contributed by atoms with Crippen molar-refractivity contribution in [3.8, 4) is 12.3 Å². The van der Waals surface area contributed by atoms with Crippen LogP contribution in [0.25, 0.3) is 11.2 Å². The van der Waals surface area contributed by atoms with Gasteiger partial charge in [0.2, 0.25) is 5.60 Å². The maximum absolute atomic E-state index is 13.9. The summed E-state index contributed by atoms with van der Waals surface area (Å²) in [4.78, 5) is 36.5. The number of methoxy groups -OCH3 is 1. The average Bonchev–Trinajstić information content (AvgIpc) is 3.35. The zero-order chi connectivity index (χ0) is 30.1. The third kappa shape index (κ3) is 10.9. The van der Waals surface area contributed by atoms with Crippen LogP contribution in [0.4, 0.5) is 10.2 Å². The summed E-state index contributed by atoms with van der Waals surface area (Å²) >= 11 is 0. The molecule has 0 aromatic carbocycles. The summed E-state index contributed by atoms with van der Waals surface area (Å²) in [6, 6.07) is 0. The van der Waals surface area contributed by atoms with Crippen LogP contribution in [-0.2, 0) is 30.3 Å². The van der Waals surface area contributed by atoms with E-state index in [-0.39, 0.29) is 43.0 Å². The van der Waals surface area contributed by atoms with Crippen LogP contribution in [0.5, 0.6) is 0 Å². The Kier molecular flexibility index (Phi) is 15.1. The predicted molar refractivity (Wildman–Crippen MR) is 155 cm³/mol. The van der Waals surface area contributed by atoms with Crippen molar-refractivity contribution >= 4 is 28.9 Å². The van der Waals surface area contributed by atoms with Crippen LogP contribution in [0.1, 0.15) is 104 Å². The molecule has 0 fully saturated rings. The van der Waals surface area contributed by atoms with E-state index >= 15 is 0 Å². The van der Waals surface area contributed by atoms with E-state index in [0.717, 1.165) is 12.8 Å². The Bertz CT molecular complexity index is 1130. The van der Waals surface area contributed by atoms with Gasteiger partial charge in [0, 0.05) is 20.0 Å². The minimum atomic E-state index is -1.61. The number of esters is 2. The molecule has 0 bridgehead atoms. The molecule has 2 atom stereocenters. The summed E-state index contributed by atoms with van der Waals surface area (Å²) in [5.41, 5.74) is 4.45. The summed E-state index contributed by atoms with van der Waals surface area (Å²) in [6.45, 7) is 3.63. The van der Waals surface area contributed by atoms with Crippen LogP contribution in [0.15, 0.2) is 6.33 Å². The molecule has 10 nitrogen and oxygen atoms in total. The lowest BCUT2D eigenvalue weighted by Gasteiger charge is -2.34. The maximum Gasteiger partial charge on any atom is 0.312 e. The van der Waals surface area contributed by atoms with E-state index in [1.54, 1.807) is 0 Å². The molecule has 228 valence electrons. The normalized spacial score (nSPS) is 13.4. The molecule has 0 aliphatic carbocycles. The van der Waals surface area contributed by atoms with Gasteiger partial charge in [-0.1, -0.05) is 84.0 Å². The number of nitrogens with zero attached hydrogens (tertiary/aromatic N) is 4. The van der Waals surface area contributed by atoms with Gasteiger partial charge in [0.05, 0.1) is 12.9 Å². The summed E-state index contributed by atoms with van der Waals surface area (Å²) < 4.78 is 32.2. The minimum absolute atomic E-state index is 0.0991. The monoisotopic (exact) mass is 575 g/mol. The fourth-order valence-electron chi connectivity index (χ4n) is 4.62. The maximum atomic E-state index is 13.9. The number of carbonyl (C=O) groups is 2. The Hall–Kier alpha value is -3.26. The molecule has 2 heterocycles. The molecule has 0 radical (unpaired) electrons. The minimum Gasteiger partial charge on any atom is -0.461 e. The summed E-state index contributed by atoms with van der Waals surface area (Å²) in [5, 5.41) is 0. The average molecular weight is 576 g/mol. The second-order valence-electron chi connectivity index (χ2n) is 10.4. The molecule has 2 N–H and O–H groups in total. The van der Waals surface area contributed by atoms with E-state index in [9.17, 15) is 14.0 Å². The third-order valence-corrected chi connectivity index (χ3v) is 7.11. The first-order chi connectivity index (χ1) is 19.8. The zero-order valence-electron chi connectivity index (χ0n) is 24.8. The van der Waals surface area contributed by atoms with Crippen molar-refractivity contribution in [1.82, 2.24) is 19.5 Å². The highest BCUT2D eigenvalue weighted by molar-refractivity contribution is 5.81. The van der Waals surface area contributed by atoms with Gasteiger partial charge in [-0.05, 0) is 12.8 Å². The van der Waals surface area contributed by atoms with Crippen LogP contribution in [0.2, 0.25) is 0 Å². The van der Waals surface area contributed by atoms with Gasteiger partial charge >= 0.3 is 18.0 Å². The molecule has 0 spiro atoms. The van der Waals surface area contributed by atoms with Crippen molar-refractivity contribution in [3.63, 3.8) is 0 Å². The topological polar surface area (TPSA) is 131 Å². The van der Waals surface area contributed by atoms with Crippen LogP contribution >= 0.6 is 0 Å². The summed E-state index contributed by atoms with van der Waals surface area (Å²) in [6.07, 6.45) is 19.0. The van der Waals surface area contributed by atoms with Crippen molar-refractivity contribution in [1.29, 1.82) is 0 Å². The van der Waals surface area contributed by atoms with E-state index in [0.29, 0.717) is 12.8 Å². The van der Waals surface area contributed by atoms with E-state index in [2.05, 4.69) is 27.8 Å². The van der Waals surface area contributed by atoms with E-state index < -0.39 is 29.7 Å². The molecule has 2 aromatic heterocycles. The standard InChI is InChI=1S/C30H46FN5O5/c1-5-8-9-10-11-12-13-14-15-16-17-19-24(37)40-21-30(7-3,39-4)23(41-25(38)18-6-2)20-36-22-33-26-27(32)34-29(31)35-28(26)36/h3,22-23H,5-6,8-21H2,1-2,4H3,(H2,32,34,35)/t23-,30?/m0/s1. The van der Waals surface area contributed by atoms with Crippen molar-refractivity contribution in [3.05, 3.63) is 12.4 Å². The first-order valence-corrected chi connectivity index (χ1v) is 14.8. The SMILES string of the molecule is C#CC(COC(=O)CCCCCCCCCCCCC)(OC)[C@H](Cn1cnc2c(N)nc(F)nc21)OC(=O)CCC. The van der Waals surface area contributed by atoms with Crippen LogP contribution in [-0.4, -0.2) is 56.9 Å². The highest BCUT2D eigenvalue weighted by atomic mass is 19.1. The number of nitrogen functional groups attached to an aromatic ring is 1. The number of imidazole rings is 1. The number of rotatable bonds is 21. The molecule has 0 aliphatic heterocycles. The Morgan fingerprint density at radius 1 is 1.00 bits per heavy atom. The number of anilines is 1. The van der Waals surface area contributed by atoms with Gasteiger partial charge in [0.1, 0.15) is 12.1 Å². The number of nitrogens with two attached hydrogens (primary N) is 1. The van der Waals surface area contributed by atoms with Crippen molar-refractivity contribution in [2.24, 2.45) is 0 Å². The molecule has 2 rings (SSSR count). The van der Waals surface area contributed by atoms with Crippen LogP contribution < -0.4 is 5.73 Å². The van der Waals surface area contributed by atoms with Gasteiger partial charge in [0.25, 0.3) is 0 Å². The lowest BCUT2D eigenvalue weighted by Crippen LogP contribution is -2.51. The van der Waals surface area contributed by atoms with Crippen molar-refractivity contribution in [2.75, 3.05) is 19.5 Å². The number of hydrogen-bond acceptors (Lipinski definition) is 9. The Balaban J connectivity index is 1.96. The fraction of sp³-hybridized carbons (Fsp3) is 0.700. The number of aromatic nitrogens is 4. The number of carbonyl (C=O) groups excluding carboxylic acids is 2. The molecular formula is C30H46FN5O5. The summed E-state index contributed by atoms with van der Waals surface area (Å²) in [7, 11) is 1.35. The fourth-order valence-corrected chi connectivity index (χ4v) is 4.62.